The Morgan fingerprint density at radius 2 is 1.87 bits per heavy atom. The number of carbonyl (C=O) groups is 1. The highest BCUT2D eigenvalue weighted by Gasteiger charge is 2.19. The van der Waals surface area contributed by atoms with E-state index >= 15 is 0 Å². The second-order valence-corrected chi connectivity index (χ2v) is 9.29. The van der Waals surface area contributed by atoms with Gasteiger partial charge in [-0.1, -0.05) is 12.1 Å². The van der Waals surface area contributed by atoms with Crippen molar-refractivity contribution in [2.75, 3.05) is 53.6 Å². The fourth-order valence-corrected chi connectivity index (χ4v) is 4.80. The Bertz CT molecular complexity index is 1620. The number of hydrogen-bond donors (Lipinski definition) is 2. The minimum absolute atomic E-state index is 0.0200. The lowest BCUT2D eigenvalue weighted by molar-refractivity contribution is 0.0363. The predicted molar refractivity (Wildman–Crippen MR) is 146 cm³/mol. The SMILES string of the molecule is COc1ccc(CCNC(=O)c2cc3c(=O)n4ccccc4nc3n(CCN3CCOCC3)c2=N)cc1OC. The molecule has 0 unspecified atom stereocenters. The average molecular weight is 533 g/mol. The molecule has 0 atom stereocenters. The van der Waals surface area contributed by atoms with Crippen LogP contribution in [0.25, 0.3) is 16.7 Å². The first-order valence-corrected chi connectivity index (χ1v) is 12.9. The molecule has 4 aromatic rings. The number of methoxy groups -OCH3 is 2. The Kier molecular flexibility index (Phi) is 7.89. The molecular weight excluding hydrogens is 500 g/mol. The summed E-state index contributed by atoms with van der Waals surface area (Å²) >= 11 is 0. The van der Waals surface area contributed by atoms with E-state index in [0.717, 1.165) is 18.7 Å². The summed E-state index contributed by atoms with van der Waals surface area (Å²) in [4.78, 5) is 33.7. The third-order valence-electron chi connectivity index (χ3n) is 6.95. The van der Waals surface area contributed by atoms with E-state index in [1.807, 2.05) is 24.3 Å². The summed E-state index contributed by atoms with van der Waals surface area (Å²) in [5.41, 5.74) is 1.72. The van der Waals surface area contributed by atoms with E-state index in [2.05, 4.69) is 10.2 Å². The van der Waals surface area contributed by atoms with Crippen LogP contribution in [0.2, 0.25) is 0 Å². The number of nitrogens with one attached hydrogen (secondary N) is 2. The van der Waals surface area contributed by atoms with Crippen molar-refractivity contribution < 1.29 is 19.0 Å². The van der Waals surface area contributed by atoms with Crippen LogP contribution in [-0.4, -0.2) is 78.4 Å². The molecule has 3 aromatic heterocycles. The summed E-state index contributed by atoms with van der Waals surface area (Å²) < 4.78 is 19.2. The Balaban J connectivity index is 1.45. The van der Waals surface area contributed by atoms with Gasteiger partial charge in [-0.15, -0.1) is 0 Å². The third-order valence-corrected chi connectivity index (χ3v) is 6.95. The highest BCUT2D eigenvalue weighted by molar-refractivity contribution is 5.96. The van der Waals surface area contributed by atoms with Crippen molar-refractivity contribution >= 4 is 22.6 Å². The number of morpholine rings is 1. The largest absolute Gasteiger partial charge is 0.493 e. The topological polar surface area (TPSA) is 123 Å². The predicted octanol–water partition coefficient (Wildman–Crippen LogP) is 1.45. The summed E-state index contributed by atoms with van der Waals surface area (Å²) in [6.45, 7) is 4.31. The van der Waals surface area contributed by atoms with E-state index in [4.69, 9.17) is 24.6 Å². The Morgan fingerprint density at radius 1 is 1.08 bits per heavy atom. The molecule has 2 N–H and O–H groups in total. The minimum atomic E-state index is -0.417. The lowest BCUT2D eigenvalue weighted by atomic mass is 10.1. The van der Waals surface area contributed by atoms with Crippen molar-refractivity contribution in [2.45, 2.75) is 13.0 Å². The molecule has 11 heteroatoms. The molecule has 0 radical (unpaired) electrons. The van der Waals surface area contributed by atoms with Crippen LogP contribution in [0.1, 0.15) is 15.9 Å². The van der Waals surface area contributed by atoms with Gasteiger partial charge < -0.3 is 24.1 Å². The number of ether oxygens (including phenoxy) is 3. The zero-order valence-electron chi connectivity index (χ0n) is 22.1. The number of fused-ring (bicyclic) bond motifs is 2. The number of rotatable bonds is 9. The molecule has 1 aliphatic rings. The van der Waals surface area contributed by atoms with E-state index in [9.17, 15) is 9.59 Å². The molecule has 39 heavy (non-hydrogen) atoms. The van der Waals surface area contributed by atoms with Gasteiger partial charge in [0.05, 0.1) is 38.4 Å². The van der Waals surface area contributed by atoms with Crippen LogP contribution >= 0.6 is 0 Å². The molecule has 5 rings (SSSR count). The minimum Gasteiger partial charge on any atom is -0.493 e. The fourth-order valence-electron chi connectivity index (χ4n) is 4.80. The number of hydrogen-bond acceptors (Lipinski definition) is 8. The second kappa shape index (κ2) is 11.7. The summed E-state index contributed by atoms with van der Waals surface area (Å²) in [6, 6.07) is 12.4. The molecule has 4 heterocycles. The van der Waals surface area contributed by atoms with Gasteiger partial charge in [-0.3, -0.25) is 24.3 Å². The highest BCUT2D eigenvalue weighted by atomic mass is 16.5. The van der Waals surface area contributed by atoms with Crippen molar-refractivity contribution in [3.63, 3.8) is 0 Å². The van der Waals surface area contributed by atoms with E-state index in [-0.39, 0.29) is 16.6 Å². The van der Waals surface area contributed by atoms with Gasteiger partial charge in [0.2, 0.25) is 0 Å². The molecule has 1 amide bonds. The van der Waals surface area contributed by atoms with Gasteiger partial charge in [-0.05, 0) is 42.3 Å². The normalized spacial score (nSPS) is 14.0. The molecule has 0 saturated carbocycles. The highest BCUT2D eigenvalue weighted by Crippen LogP contribution is 2.27. The van der Waals surface area contributed by atoms with Gasteiger partial charge in [0.15, 0.2) is 11.5 Å². The van der Waals surface area contributed by atoms with Crippen molar-refractivity contribution in [3.8, 4) is 11.5 Å². The summed E-state index contributed by atoms with van der Waals surface area (Å²) in [7, 11) is 3.16. The first-order chi connectivity index (χ1) is 19.0. The summed E-state index contributed by atoms with van der Waals surface area (Å²) in [5, 5.41) is 12.1. The monoisotopic (exact) mass is 532 g/mol. The molecule has 1 aromatic carbocycles. The van der Waals surface area contributed by atoms with Crippen molar-refractivity contribution in [3.05, 3.63) is 75.6 Å². The zero-order valence-corrected chi connectivity index (χ0v) is 22.1. The molecular formula is C28H32N6O5. The van der Waals surface area contributed by atoms with Crippen molar-refractivity contribution in [1.29, 1.82) is 5.41 Å². The smallest absolute Gasteiger partial charge is 0.267 e. The van der Waals surface area contributed by atoms with Crippen LogP contribution < -0.4 is 25.8 Å². The van der Waals surface area contributed by atoms with E-state index < -0.39 is 5.91 Å². The van der Waals surface area contributed by atoms with Gasteiger partial charge in [0.25, 0.3) is 11.5 Å². The van der Waals surface area contributed by atoms with Gasteiger partial charge in [-0.25, -0.2) is 4.98 Å². The third kappa shape index (κ3) is 5.50. The number of nitrogens with zero attached hydrogens (tertiary/aromatic N) is 4. The van der Waals surface area contributed by atoms with Gasteiger partial charge in [-0.2, -0.15) is 0 Å². The number of amides is 1. The Hall–Kier alpha value is -4.22. The van der Waals surface area contributed by atoms with Crippen LogP contribution in [0.3, 0.4) is 0 Å². The number of aromatic nitrogens is 3. The second-order valence-electron chi connectivity index (χ2n) is 9.29. The molecule has 0 bridgehead atoms. The summed E-state index contributed by atoms with van der Waals surface area (Å²) in [5.74, 6) is 0.834. The molecule has 204 valence electrons. The van der Waals surface area contributed by atoms with Crippen LogP contribution in [0.15, 0.2) is 53.5 Å². The van der Waals surface area contributed by atoms with Gasteiger partial charge >= 0.3 is 0 Å². The maximum Gasteiger partial charge on any atom is 0.267 e. The van der Waals surface area contributed by atoms with Crippen molar-refractivity contribution in [2.24, 2.45) is 0 Å². The van der Waals surface area contributed by atoms with E-state index in [1.165, 1.54) is 10.5 Å². The standard InChI is InChI=1S/C28H32N6O5/c1-37-22-7-6-19(17-23(22)38-2)8-9-30-27(35)20-18-21-26(31-24-5-3-4-10-33(24)28(21)36)34(25(20)29)12-11-32-13-15-39-16-14-32/h3-7,10,17-18,29H,8-9,11-16H2,1-2H3,(H,30,35). The molecule has 11 nitrogen and oxygen atoms in total. The molecule has 1 aliphatic heterocycles. The first-order valence-electron chi connectivity index (χ1n) is 12.9. The lowest BCUT2D eigenvalue weighted by Crippen LogP contribution is -2.41. The van der Waals surface area contributed by atoms with Crippen molar-refractivity contribution in [1.82, 2.24) is 24.2 Å². The Labute approximate surface area is 225 Å². The number of benzene rings is 1. The van der Waals surface area contributed by atoms with Crippen LogP contribution in [0, 0.1) is 5.41 Å². The average Bonchev–Trinajstić information content (AvgIpc) is 2.97. The zero-order chi connectivity index (χ0) is 27.4. The van der Waals surface area contributed by atoms with Crippen LogP contribution in [0.5, 0.6) is 11.5 Å². The molecule has 0 aliphatic carbocycles. The lowest BCUT2D eigenvalue weighted by Gasteiger charge is -2.27. The number of carbonyl (C=O) groups excluding carboxylic acids is 1. The van der Waals surface area contributed by atoms with E-state index in [0.29, 0.717) is 67.4 Å². The van der Waals surface area contributed by atoms with Crippen LogP contribution in [-0.2, 0) is 17.7 Å². The first kappa shape index (κ1) is 26.4. The molecule has 1 saturated heterocycles. The van der Waals surface area contributed by atoms with Gasteiger partial charge in [0.1, 0.15) is 16.8 Å². The molecule has 1 fully saturated rings. The fraction of sp³-hybridized carbons (Fsp3) is 0.357. The van der Waals surface area contributed by atoms with Crippen LogP contribution in [0.4, 0.5) is 0 Å². The number of pyridine rings is 2. The Morgan fingerprint density at radius 3 is 2.64 bits per heavy atom. The summed E-state index contributed by atoms with van der Waals surface area (Å²) in [6.07, 6.45) is 2.21. The van der Waals surface area contributed by atoms with Gasteiger partial charge in [0, 0.05) is 38.9 Å². The van der Waals surface area contributed by atoms with E-state index in [1.54, 1.807) is 37.1 Å². The molecule has 0 spiro atoms. The maximum atomic E-state index is 13.4. The quantitative estimate of drug-likeness (QED) is 0.313. The maximum absolute atomic E-state index is 13.4.